The second-order valence-corrected chi connectivity index (χ2v) is 7.10. The maximum absolute atomic E-state index is 13.1. The summed E-state index contributed by atoms with van der Waals surface area (Å²) in [6.45, 7) is 3.41. The van der Waals surface area contributed by atoms with Crippen LogP contribution in [0.4, 0.5) is 4.39 Å². The van der Waals surface area contributed by atoms with E-state index in [2.05, 4.69) is 10.2 Å². The van der Waals surface area contributed by atoms with Crippen molar-refractivity contribution in [3.63, 3.8) is 0 Å². The Morgan fingerprint density at radius 3 is 2.61 bits per heavy atom. The minimum Gasteiger partial charge on any atom is -0.353 e. The number of piperidine rings is 1. The molecule has 23 heavy (non-hydrogen) atoms. The first-order valence-corrected chi connectivity index (χ1v) is 8.95. The average Bonchev–Trinajstić information content (AvgIpc) is 3.02. The summed E-state index contributed by atoms with van der Waals surface area (Å²) in [6, 6.07) is 6.56. The molecule has 0 radical (unpaired) electrons. The zero-order chi connectivity index (χ0) is 16.1. The zero-order valence-electron chi connectivity index (χ0n) is 13.8. The zero-order valence-corrected chi connectivity index (χ0v) is 13.8. The summed E-state index contributed by atoms with van der Waals surface area (Å²) in [5, 5.41) is 3.11. The molecule has 0 aromatic heterocycles. The van der Waals surface area contributed by atoms with Gasteiger partial charge in [-0.3, -0.25) is 4.79 Å². The third kappa shape index (κ3) is 5.03. The van der Waals surface area contributed by atoms with Gasteiger partial charge in [0.25, 0.3) is 0 Å². The smallest absolute Gasteiger partial charge is 0.224 e. The van der Waals surface area contributed by atoms with Crippen LogP contribution in [0.3, 0.4) is 0 Å². The Kier molecular flexibility index (Phi) is 5.65. The van der Waals surface area contributed by atoms with Crippen molar-refractivity contribution in [1.29, 1.82) is 0 Å². The summed E-state index contributed by atoms with van der Waals surface area (Å²) in [6.07, 6.45) is 7.91. The predicted octanol–water partition coefficient (Wildman–Crippen LogP) is 3.14. The first kappa shape index (κ1) is 16.4. The Morgan fingerprint density at radius 1 is 1.17 bits per heavy atom. The highest BCUT2D eigenvalue weighted by molar-refractivity contribution is 5.78. The quantitative estimate of drug-likeness (QED) is 0.904. The van der Waals surface area contributed by atoms with E-state index in [9.17, 15) is 9.18 Å². The van der Waals surface area contributed by atoms with Crippen LogP contribution in [0.15, 0.2) is 24.3 Å². The largest absolute Gasteiger partial charge is 0.353 e. The molecule has 4 heteroatoms. The molecule has 1 amide bonds. The molecule has 1 saturated heterocycles. The van der Waals surface area contributed by atoms with Crippen LogP contribution in [-0.2, 0) is 11.2 Å². The number of amides is 1. The van der Waals surface area contributed by atoms with Crippen LogP contribution in [0, 0.1) is 11.7 Å². The molecule has 1 saturated carbocycles. The molecule has 2 fully saturated rings. The van der Waals surface area contributed by atoms with Gasteiger partial charge in [0.15, 0.2) is 0 Å². The first-order valence-electron chi connectivity index (χ1n) is 8.95. The molecular weight excluding hydrogens is 291 g/mol. The normalized spacial score (nSPS) is 20.7. The lowest BCUT2D eigenvalue weighted by Gasteiger charge is -2.33. The molecule has 2 aliphatic rings. The Morgan fingerprint density at radius 2 is 1.91 bits per heavy atom. The lowest BCUT2D eigenvalue weighted by molar-refractivity contribution is -0.121. The number of halogens is 1. The van der Waals surface area contributed by atoms with Gasteiger partial charge in [0.2, 0.25) is 5.91 Å². The highest BCUT2D eigenvalue weighted by Crippen LogP contribution is 2.26. The SMILES string of the molecule is O=C(Cc1cccc(F)c1)NC1CCN(CC2CCCC2)CC1. The monoisotopic (exact) mass is 318 g/mol. The van der Waals surface area contributed by atoms with Crippen LogP contribution < -0.4 is 5.32 Å². The van der Waals surface area contributed by atoms with Crippen LogP contribution in [0.25, 0.3) is 0 Å². The summed E-state index contributed by atoms with van der Waals surface area (Å²) in [5.74, 6) is 0.620. The van der Waals surface area contributed by atoms with Gasteiger partial charge in [-0.1, -0.05) is 25.0 Å². The van der Waals surface area contributed by atoms with E-state index in [4.69, 9.17) is 0 Å². The number of hydrogen-bond donors (Lipinski definition) is 1. The number of nitrogens with zero attached hydrogens (tertiary/aromatic N) is 1. The van der Waals surface area contributed by atoms with Gasteiger partial charge >= 0.3 is 0 Å². The maximum Gasteiger partial charge on any atom is 0.224 e. The minimum absolute atomic E-state index is 0.00448. The number of likely N-dealkylation sites (tertiary alicyclic amines) is 1. The van der Waals surface area contributed by atoms with E-state index in [1.165, 1.54) is 44.4 Å². The van der Waals surface area contributed by atoms with Crippen molar-refractivity contribution in [2.24, 2.45) is 5.92 Å². The van der Waals surface area contributed by atoms with Gasteiger partial charge in [-0.25, -0.2) is 4.39 Å². The summed E-state index contributed by atoms with van der Waals surface area (Å²) >= 11 is 0. The van der Waals surface area contributed by atoms with Crippen LogP contribution in [0.5, 0.6) is 0 Å². The lowest BCUT2D eigenvalue weighted by Crippen LogP contribution is -2.46. The van der Waals surface area contributed by atoms with E-state index in [1.54, 1.807) is 12.1 Å². The fourth-order valence-corrected chi connectivity index (χ4v) is 3.93. The Labute approximate surface area is 138 Å². The Hall–Kier alpha value is -1.42. The maximum atomic E-state index is 13.1. The highest BCUT2D eigenvalue weighted by atomic mass is 19.1. The standard InChI is InChI=1S/C19H27FN2O/c20-17-7-3-6-16(12-17)13-19(23)21-18-8-10-22(11-9-18)14-15-4-1-2-5-15/h3,6-7,12,15,18H,1-2,4-5,8-11,13-14H2,(H,21,23). The van der Waals surface area contributed by atoms with Crippen molar-refractivity contribution in [2.45, 2.75) is 51.0 Å². The average molecular weight is 318 g/mol. The van der Waals surface area contributed by atoms with Crippen LogP contribution >= 0.6 is 0 Å². The molecule has 0 atom stereocenters. The number of rotatable bonds is 5. The van der Waals surface area contributed by atoms with E-state index in [1.807, 2.05) is 0 Å². The molecule has 1 N–H and O–H groups in total. The van der Waals surface area contributed by atoms with Crippen LogP contribution in [0.1, 0.15) is 44.1 Å². The van der Waals surface area contributed by atoms with Crippen molar-refractivity contribution in [3.8, 4) is 0 Å². The molecular formula is C19H27FN2O. The molecule has 1 aliphatic heterocycles. The van der Waals surface area contributed by atoms with Crippen molar-refractivity contribution < 1.29 is 9.18 Å². The number of nitrogens with one attached hydrogen (secondary N) is 1. The van der Waals surface area contributed by atoms with E-state index >= 15 is 0 Å². The van der Waals surface area contributed by atoms with Crippen molar-refractivity contribution in [2.75, 3.05) is 19.6 Å². The van der Waals surface area contributed by atoms with Gasteiger partial charge in [-0.2, -0.15) is 0 Å². The minimum atomic E-state index is -0.282. The predicted molar refractivity (Wildman–Crippen MR) is 89.7 cm³/mol. The van der Waals surface area contributed by atoms with Crippen LogP contribution in [-0.4, -0.2) is 36.5 Å². The van der Waals surface area contributed by atoms with Gasteiger partial charge in [0, 0.05) is 25.7 Å². The molecule has 0 bridgehead atoms. The number of carbonyl (C=O) groups excluding carboxylic acids is 1. The molecule has 126 valence electrons. The topological polar surface area (TPSA) is 32.3 Å². The Bertz CT molecular complexity index is 520. The fourth-order valence-electron chi connectivity index (χ4n) is 3.93. The number of carbonyl (C=O) groups is 1. The van der Waals surface area contributed by atoms with E-state index in [-0.39, 0.29) is 24.2 Å². The van der Waals surface area contributed by atoms with E-state index < -0.39 is 0 Å². The third-order valence-corrected chi connectivity index (χ3v) is 5.20. The van der Waals surface area contributed by atoms with Crippen molar-refractivity contribution in [3.05, 3.63) is 35.6 Å². The van der Waals surface area contributed by atoms with E-state index in [0.717, 1.165) is 37.4 Å². The molecule has 1 aromatic carbocycles. The second kappa shape index (κ2) is 7.91. The molecule has 3 nitrogen and oxygen atoms in total. The third-order valence-electron chi connectivity index (χ3n) is 5.20. The van der Waals surface area contributed by atoms with Crippen LogP contribution in [0.2, 0.25) is 0 Å². The fraction of sp³-hybridized carbons (Fsp3) is 0.632. The van der Waals surface area contributed by atoms with Gasteiger partial charge in [-0.15, -0.1) is 0 Å². The first-order chi connectivity index (χ1) is 11.2. The van der Waals surface area contributed by atoms with Gasteiger partial charge in [-0.05, 0) is 49.3 Å². The molecule has 1 heterocycles. The van der Waals surface area contributed by atoms with Crippen molar-refractivity contribution >= 4 is 5.91 Å². The molecule has 0 unspecified atom stereocenters. The van der Waals surface area contributed by atoms with Gasteiger partial charge in [0.05, 0.1) is 6.42 Å². The number of hydrogen-bond acceptors (Lipinski definition) is 2. The number of benzene rings is 1. The summed E-state index contributed by atoms with van der Waals surface area (Å²) < 4.78 is 13.1. The second-order valence-electron chi connectivity index (χ2n) is 7.10. The summed E-state index contributed by atoms with van der Waals surface area (Å²) in [7, 11) is 0. The molecule has 1 aromatic rings. The Balaban J connectivity index is 1.38. The summed E-state index contributed by atoms with van der Waals surface area (Å²) in [4.78, 5) is 14.7. The highest BCUT2D eigenvalue weighted by Gasteiger charge is 2.24. The van der Waals surface area contributed by atoms with E-state index in [0.29, 0.717) is 0 Å². The van der Waals surface area contributed by atoms with Crippen molar-refractivity contribution in [1.82, 2.24) is 10.2 Å². The molecule has 0 spiro atoms. The summed E-state index contributed by atoms with van der Waals surface area (Å²) in [5.41, 5.74) is 0.737. The van der Waals surface area contributed by atoms with Gasteiger partial charge in [0.1, 0.15) is 5.82 Å². The molecule has 1 aliphatic carbocycles. The van der Waals surface area contributed by atoms with Gasteiger partial charge < -0.3 is 10.2 Å². The lowest BCUT2D eigenvalue weighted by atomic mass is 10.0. The molecule has 3 rings (SSSR count).